The first kappa shape index (κ1) is 13.5. The van der Waals surface area contributed by atoms with Gasteiger partial charge in [0.1, 0.15) is 5.78 Å². The Balaban J connectivity index is 2.51. The summed E-state index contributed by atoms with van der Waals surface area (Å²) in [6.45, 7) is 1.59. The van der Waals surface area contributed by atoms with Crippen LogP contribution >= 0.6 is 0 Å². The van der Waals surface area contributed by atoms with Crippen molar-refractivity contribution in [3.8, 4) is 0 Å². The summed E-state index contributed by atoms with van der Waals surface area (Å²) in [5.74, 6) is -0.236. The molecule has 0 saturated heterocycles. The second-order valence-corrected chi connectivity index (χ2v) is 5.04. The number of rotatable bonds is 4. The topological polar surface area (TPSA) is 55.5 Å². The van der Waals surface area contributed by atoms with E-state index in [1.54, 1.807) is 20.0 Å². The van der Waals surface area contributed by atoms with E-state index >= 15 is 0 Å². The van der Waals surface area contributed by atoms with Gasteiger partial charge in [-0.3, -0.25) is 9.36 Å². The maximum atomic E-state index is 11.5. The minimum atomic E-state index is -0.375. The van der Waals surface area contributed by atoms with Crippen molar-refractivity contribution >= 4 is 16.9 Å². The zero-order valence-corrected chi connectivity index (χ0v) is 11.6. The van der Waals surface area contributed by atoms with Gasteiger partial charge in [-0.1, -0.05) is 6.07 Å². The molecular formula is C14H18N2O3. The van der Waals surface area contributed by atoms with Gasteiger partial charge in [-0.15, -0.1) is 0 Å². The van der Waals surface area contributed by atoms with Gasteiger partial charge >= 0.3 is 5.76 Å². The summed E-state index contributed by atoms with van der Waals surface area (Å²) >= 11 is 0. The van der Waals surface area contributed by atoms with Crippen LogP contribution in [0, 0.1) is 0 Å². The van der Waals surface area contributed by atoms with Crippen molar-refractivity contribution in [1.82, 2.24) is 9.47 Å². The molecule has 0 aliphatic carbocycles. The summed E-state index contributed by atoms with van der Waals surface area (Å²) in [4.78, 5) is 24.8. The van der Waals surface area contributed by atoms with Crippen LogP contribution in [0.5, 0.6) is 0 Å². The highest BCUT2D eigenvalue weighted by molar-refractivity contribution is 5.77. The minimum Gasteiger partial charge on any atom is -0.408 e. The Labute approximate surface area is 111 Å². The second kappa shape index (κ2) is 5.01. The molecule has 1 aromatic carbocycles. The fraction of sp³-hybridized carbons (Fsp3) is 0.429. The van der Waals surface area contributed by atoms with Crippen molar-refractivity contribution < 1.29 is 9.21 Å². The summed E-state index contributed by atoms with van der Waals surface area (Å²) in [5, 5.41) is 0. The van der Waals surface area contributed by atoms with E-state index in [-0.39, 0.29) is 17.6 Å². The van der Waals surface area contributed by atoms with Crippen LogP contribution in [0.2, 0.25) is 0 Å². The normalized spacial score (nSPS) is 13.1. The number of aromatic nitrogens is 1. The lowest BCUT2D eigenvalue weighted by atomic mass is 10.0. The maximum Gasteiger partial charge on any atom is 0.419 e. The van der Waals surface area contributed by atoms with E-state index in [0.29, 0.717) is 12.0 Å². The van der Waals surface area contributed by atoms with Crippen molar-refractivity contribution in [2.45, 2.75) is 19.4 Å². The highest BCUT2D eigenvalue weighted by Crippen LogP contribution is 2.25. The van der Waals surface area contributed by atoms with Gasteiger partial charge in [0.05, 0.1) is 5.52 Å². The Morgan fingerprint density at radius 2 is 2.11 bits per heavy atom. The van der Waals surface area contributed by atoms with Crippen LogP contribution in [0.15, 0.2) is 27.4 Å². The first-order valence-corrected chi connectivity index (χ1v) is 6.15. The highest BCUT2D eigenvalue weighted by atomic mass is 16.4. The van der Waals surface area contributed by atoms with Gasteiger partial charge in [0.25, 0.3) is 0 Å². The van der Waals surface area contributed by atoms with Crippen LogP contribution in [-0.4, -0.2) is 29.3 Å². The minimum absolute atomic E-state index is 0.00639. The molecule has 5 heteroatoms. The van der Waals surface area contributed by atoms with Crippen LogP contribution in [-0.2, 0) is 11.8 Å². The van der Waals surface area contributed by atoms with Gasteiger partial charge in [-0.05, 0) is 38.7 Å². The number of ketones is 1. The molecule has 0 fully saturated rings. The van der Waals surface area contributed by atoms with Crippen LogP contribution in [0.1, 0.15) is 24.9 Å². The molecule has 102 valence electrons. The van der Waals surface area contributed by atoms with Crippen molar-refractivity contribution in [2.24, 2.45) is 7.05 Å². The SMILES string of the molecule is CC(=O)CC(c1ccc2oc(=O)n(C)c2c1)N(C)C. The molecule has 1 heterocycles. The largest absolute Gasteiger partial charge is 0.419 e. The molecule has 2 aromatic rings. The molecule has 1 atom stereocenters. The van der Waals surface area contributed by atoms with Crippen LogP contribution in [0.3, 0.4) is 0 Å². The maximum absolute atomic E-state index is 11.5. The molecule has 5 nitrogen and oxygen atoms in total. The smallest absolute Gasteiger partial charge is 0.408 e. The molecule has 0 N–H and O–H groups in total. The van der Waals surface area contributed by atoms with Crippen molar-refractivity contribution in [1.29, 1.82) is 0 Å². The zero-order chi connectivity index (χ0) is 14.2. The molecule has 0 amide bonds. The molecule has 0 radical (unpaired) electrons. The van der Waals surface area contributed by atoms with Crippen LogP contribution in [0.4, 0.5) is 0 Å². The lowest BCUT2D eigenvalue weighted by Gasteiger charge is -2.23. The number of aryl methyl sites for hydroxylation is 1. The fourth-order valence-electron chi connectivity index (χ4n) is 2.22. The average molecular weight is 262 g/mol. The molecule has 1 aromatic heterocycles. The van der Waals surface area contributed by atoms with Crippen LogP contribution < -0.4 is 5.76 Å². The first-order valence-electron chi connectivity index (χ1n) is 6.15. The lowest BCUT2D eigenvalue weighted by Crippen LogP contribution is -2.22. The molecule has 0 aliphatic rings. The number of benzene rings is 1. The van der Waals surface area contributed by atoms with Crippen molar-refractivity contribution in [2.75, 3.05) is 14.1 Å². The number of hydrogen-bond acceptors (Lipinski definition) is 4. The zero-order valence-electron chi connectivity index (χ0n) is 11.6. The second-order valence-electron chi connectivity index (χ2n) is 5.04. The van der Waals surface area contributed by atoms with E-state index in [2.05, 4.69) is 0 Å². The van der Waals surface area contributed by atoms with Gasteiger partial charge in [0.2, 0.25) is 0 Å². The summed E-state index contributed by atoms with van der Waals surface area (Å²) in [6.07, 6.45) is 0.449. The third kappa shape index (κ3) is 2.61. The number of carbonyl (C=O) groups excluding carboxylic acids is 1. The molecule has 0 bridgehead atoms. The Hall–Kier alpha value is -1.88. The predicted molar refractivity (Wildman–Crippen MR) is 73.2 cm³/mol. The van der Waals surface area contributed by atoms with E-state index in [9.17, 15) is 9.59 Å². The average Bonchev–Trinajstić information content (AvgIpc) is 2.61. The third-order valence-corrected chi connectivity index (χ3v) is 3.30. The number of carbonyl (C=O) groups is 1. The molecule has 0 spiro atoms. The van der Waals surface area contributed by atoms with E-state index in [1.807, 2.05) is 31.1 Å². The predicted octanol–water partition coefficient (Wildman–Crippen LogP) is 1.71. The molecule has 1 unspecified atom stereocenters. The molecule has 0 aliphatic heterocycles. The van der Waals surface area contributed by atoms with Crippen LogP contribution in [0.25, 0.3) is 11.1 Å². The van der Waals surface area contributed by atoms with E-state index in [0.717, 1.165) is 11.1 Å². The first-order chi connectivity index (χ1) is 8.90. The lowest BCUT2D eigenvalue weighted by molar-refractivity contribution is -0.118. The Morgan fingerprint density at radius 1 is 1.42 bits per heavy atom. The monoisotopic (exact) mass is 262 g/mol. The van der Waals surface area contributed by atoms with Gasteiger partial charge in [0, 0.05) is 19.5 Å². The summed E-state index contributed by atoms with van der Waals surface area (Å²) in [5.41, 5.74) is 2.32. The van der Waals surface area contributed by atoms with E-state index in [1.165, 1.54) is 4.57 Å². The number of fused-ring (bicyclic) bond motifs is 1. The standard InChI is InChI=1S/C14H18N2O3/c1-9(17)7-11(15(2)3)10-5-6-13-12(8-10)16(4)14(18)19-13/h5-6,8,11H,7H2,1-4H3. The fourth-order valence-corrected chi connectivity index (χ4v) is 2.22. The molecule has 2 rings (SSSR count). The molecule has 0 saturated carbocycles. The Bertz CT molecular complexity index is 667. The van der Waals surface area contributed by atoms with E-state index < -0.39 is 0 Å². The molecule has 19 heavy (non-hydrogen) atoms. The Morgan fingerprint density at radius 3 is 2.68 bits per heavy atom. The van der Waals surface area contributed by atoms with Gasteiger partial charge in [0.15, 0.2) is 5.58 Å². The third-order valence-electron chi connectivity index (χ3n) is 3.30. The van der Waals surface area contributed by atoms with E-state index in [4.69, 9.17) is 4.42 Å². The quantitative estimate of drug-likeness (QED) is 0.841. The Kier molecular flexibility index (Phi) is 3.57. The van der Waals surface area contributed by atoms with Gasteiger partial charge in [-0.25, -0.2) is 4.79 Å². The summed E-state index contributed by atoms with van der Waals surface area (Å²) < 4.78 is 6.57. The van der Waals surface area contributed by atoms with Crippen molar-refractivity contribution in [3.63, 3.8) is 0 Å². The van der Waals surface area contributed by atoms with Crippen molar-refractivity contribution in [3.05, 3.63) is 34.3 Å². The number of hydrogen-bond donors (Lipinski definition) is 0. The van der Waals surface area contributed by atoms with Gasteiger partial charge in [-0.2, -0.15) is 0 Å². The molecular weight excluding hydrogens is 244 g/mol. The van der Waals surface area contributed by atoms with Gasteiger partial charge < -0.3 is 9.32 Å². The highest BCUT2D eigenvalue weighted by Gasteiger charge is 2.18. The number of Topliss-reactive ketones (excluding diaryl/α,β-unsaturated/α-hetero) is 1. The number of nitrogens with zero attached hydrogens (tertiary/aromatic N) is 2. The summed E-state index contributed by atoms with van der Waals surface area (Å²) in [6, 6.07) is 5.60. The number of oxazole rings is 1. The summed E-state index contributed by atoms with van der Waals surface area (Å²) in [7, 11) is 5.55.